The molecule has 1 saturated heterocycles. The average molecular weight is 340 g/mol. The Morgan fingerprint density at radius 3 is 2.64 bits per heavy atom. The molecule has 2 amide bonds. The van der Waals surface area contributed by atoms with E-state index in [-0.39, 0.29) is 22.8 Å². The molecule has 1 aliphatic heterocycles. The van der Waals surface area contributed by atoms with Crippen molar-refractivity contribution >= 4 is 28.9 Å². The zero-order chi connectivity index (χ0) is 18.0. The molecule has 0 aromatic heterocycles. The second-order valence-electron chi connectivity index (χ2n) is 5.67. The third kappa shape index (κ3) is 3.27. The van der Waals surface area contributed by atoms with E-state index >= 15 is 0 Å². The molecule has 0 unspecified atom stereocenters. The molecule has 1 heterocycles. The van der Waals surface area contributed by atoms with Gasteiger partial charge in [-0.3, -0.25) is 19.7 Å². The third-order valence-electron chi connectivity index (χ3n) is 4.07. The quantitative estimate of drug-likeness (QED) is 0.499. The molecule has 2 aromatic rings. The summed E-state index contributed by atoms with van der Waals surface area (Å²) in [7, 11) is 0. The first-order chi connectivity index (χ1) is 12.0. The van der Waals surface area contributed by atoms with Crippen LogP contribution in [0.15, 0.2) is 48.5 Å². The standard InChI is InChI=1S/C17H16N4O4/c18-13-7-6-11(10-15(13)21(24)25)16(22)19-14-8-9-20(17(14)23)12-4-2-1-3-5-12/h1-7,10,14H,8-9,18H2,(H,19,22)/t14-/m0/s1. The number of carbonyl (C=O) groups excluding carboxylic acids is 2. The van der Waals surface area contributed by atoms with Gasteiger partial charge in [0.25, 0.3) is 11.6 Å². The van der Waals surface area contributed by atoms with Gasteiger partial charge in [0.1, 0.15) is 11.7 Å². The maximum absolute atomic E-state index is 12.5. The molecule has 3 rings (SSSR count). The van der Waals surface area contributed by atoms with Crippen LogP contribution in [0.4, 0.5) is 17.1 Å². The van der Waals surface area contributed by atoms with Crippen LogP contribution in [0.25, 0.3) is 0 Å². The summed E-state index contributed by atoms with van der Waals surface area (Å²) in [6.07, 6.45) is 0.469. The van der Waals surface area contributed by atoms with Crippen LogP contribution in [0.2, 0.25) is 0 Å². The minimum Gasteiger partial charge on any atom is -0.393 e. The number of hydrogen-bond donors (Lipinski definition) is 2. The second-order valence-corrected chi connectivity index (χ2v) is 5.67. The van der Waals surface area contributed by atoms with Gasteiger partial charge in [-0.2, -0.15) is 0 Å². The molecule has 1 fully saturated rings. The first-order valence-corrected chi connectivity index (χ1v) is 7.68. The lowest BCUT2D eigenvalue weighted by molar-refractivity contribution is -0.383. The number of nitro groups is 1. The Morgan fingerprint density at radius 2 is 1.96 bits per heavy atom. The molecule has 25 heavy (non-hydrogen) atoms. The number of rotatable bonds is 4. The summed E-state index contributed by atoms with van der Waals surface area (Å²) in [6, 6.07) is 12.3. The minimum atomic E-state index is -0.663. The number of benzene rings is 2. The number of nitrogens with two attached hydrogens (primary N) is 1. The van der Waals surface area contributed by atoms with Gasteiger partial charge in [-0.25, -0.2) is 0 Å². The summed E-state index contributed by atoms with van der Waals surface area (Å²) in [6.45, 7) is 0.496. The van der Waals surface area contributed by atoms with Crippen molar-refractivity contribution in [3.63, 3.8) is 0 Å². The molecule has 0 spiro atoms. The van der Waals surface area contributed by atoms with Crippen LogP contribution < -0.4 is 16.0 Å². The lowest BCUT2D eigenvalue weighted by Crippen LogP contribution is -2.41. The van der Waals surface area contributed by atoms with Crippen molar-refractivity contribution in [3.8, 4) is 0 Å². The number of hydrogen-bond acceptors (Lipinski definition) is 5. The third-order valence-corrected chi connectivity index (χ3v) is 4.07. The van der Waals surface area contributed by atoms with Gasteiger partial charge in [0.05, 0.1) is 4.92 Å². The maximum Gasteiger partial charge on any atom is 0.292 e. The highest BCUT2D eigenvalue weighted by atomic mass is 16.6. The Bertz CT molecular complexity index is 838. The van der Waals surface area contributed by atoms with Crippen molar-refractivity contribution in [2.45, 2.75) is 12.5 Å². The summed E-state index contributed by atoms with van der Waals surface area (Å²) < 4.78 is 0. The van der Waals surface area contributed by atoms with Crippen molar-refractivity contribution in [1.82, 2.24) is 5.32 Å². The SMILES string of the molecule is Nc1ccc(C(=O)N[C@H]2CCN(c3ccccc3)C2=O)cc1[N+](=O)[O-]. The molecule has 0 saturated carbocycles. The number of nitrogens with one attached hydrogen (secondary N) is 1. The van der Waals surface area contributed by atoms with Crippen LogP contribution >= 0.6 is 0 Å². The van der Waals surface area contributed by atoms with E-state index in [0.717, 1.165) is 11.8 Å². The molecule has 1 atom stereocenters. The summed E-state index contributed by atoms with van der Waals surface area (Å²) in [4.78, 5) is 36.7. The minimum absolute atomic E-state index is 0.0197. The highest BCUT2D eigenvalue weighted by Crippen LogP contribution is 2.24. The maximum atomic E-state index is 12.5. The molecule has 0 radical (unpaired) electrons. The van der Waals surface area contributed by atoms with Crippen molar-refractivity contribution in [1.29, 1.82) is 0 Å². The second kappa shape index (κ2) is 6.60. The lowest BCUT2D eigenvalue weighted by atomic mass is 10.1. The zero-order valence-corrected chi connectivity index (χ0v) is 13.2. The Hall–Kier alpha value is -3.42. The van der Waals surface area contributed by atoms with Crippen LogP contribution in [0.1, 0.15) is 16.8 Å². The summed E-state index contributed by atoms with van der Waals surface area (Å²) in [5, 5.41) is 13.6. The van der Waals surface area contributed by atoms with Gasteiger partial charge in [-0.15, -0.1) is 0 Å². The van der Waals surface area contributed by atoms with Crippen molar-refractivity contribution in [2.75, 3.05) is 17.2 Å². The van der Waals surface area contributed by atoms with Gasteiger partial charge >= 0.3 is 0 Å². The molecule has 2 aromatic carbocycles. The fourth-order valence-electron chi connectivity index (χ4n) is 2.76. The Labute approximate surface area is 143 Å². The number of para-hydroxylation sites is 1. The molecule has 0 aliphatic carbocycles. The summed E-state index contributed by atoms with van der Waals surface area (Å²) in [5.74, 6) is -0.749. The first kappa shape index (κ1) is 16.4. The van der Waals surface area contributed by atoms with Gasteiger partial charge in [0.15, 0.2) is 0 Å². The van der Waals surface area contributed by atoms with Gasteiger partial charge in [0.2, 0.25) is 5.91 Å². The predicted molar refractivity (Wildman–Crippen MR) is 92.2 cm³/mol. The Balaban J connectivity index is 1.73. The van der Waals surface area contributed by atoms with Gasteiger partial charge in [-0.1, -0.05) is 18.2 Å². The number of carbonyl (C=O) groups is 2. The van der Waals surface area contributed by atoms with E-state index in [2.05, 4.69) is 5.32 Å². The van der Waals surface area contributed by atoms with Gasteiger partial charge in [0, 0.05) is 23.9 Å². The van der Waals surface area contributed by atoms with E-state index in [4.69, 9.17) is 5.73 Å². The van der Waals surface area contributed by atoms with Crippen LogP contribution in [-0.2, 0) is 4.79 Å². The number of nitro benzene ring substituents is 1. The molecule has 0 bridgehead atoms. The monoisotopic (exact) mass is 340 g/mol. The van der Waals surface area contributed by atoms with Crippen molar-refractivity contribution in [3.05, 3.63) is 64.2 Å². The van der Waals surface area contributed by atoms with Crippen LogP contribution in [0.3, 0.4) is 0 Å². The largest absolute Gasteiger partial charge is 0.393 e. The highest BCUT2D eigenvalue weighted by Gasteiger charge is 2.33. The van der Waals surface area contributed by atoms with Crippen LogP contribution in [0, 0.1) is 10.1 Å². The van der Waals surface area contributed by atoms with E-state index in [0.29, 0.717) is 13.0 Å². The van der Waals surface area contributed by atoms with E-state index in [1.54, 1.807) is 4.90 Å². The number of anilines is 2. The summed E-state index contributed by atoms with van der Waals surface area (Å²) >= 11 is 0. The smallest absolute Gasteiger partial charge is 0.292 e. The van der Waals surface area contributed by atoms with E-state index in [1.807, 2.05) is 30.3 Å². The van der Waals surface area contributed by atoms with Crippen LogP contribution in [0.5, 0.6) is 0 Å². The number of nitrogen functional groups attached to an aromatic ring is 1. The fraction of sp³-hybridized carbons (Fsp3) is 0.176. The zero-order valence-electron chi connectivity index (χ0n) is 13.2. The van der Waals surface area contributed by atoms with Crippen molar-refractivity contribution in [2.24, 2.45) is 0 Å². The average Bonchev–Trinajstić information content (AvgIpc) is 2.96. The molecular formula is C17H16N4O4. The number of amides is 2. The molecule has 3 N–H and O–H groups in total. The number of nitrogens with zero attached hydrogens (tertiary/aromatic N) is 2. The Kier molecular flexibility index (Phi) is 4.34. The fourth-order valence-corrected chi connectivity index (χ4v) is 2.76. The van der Waals surface area contributed by atoms with E-state index in [9.17, 15) is 19.7 Å². The van der Waals surface area contributed by atoms with Crippen LogP contribution in [-0.4, -0.2) is 29.3 Å². The molecule has 1 aliphatic rings. The topological polar surface area (TPSA) is 119 Å². The highest BCUT2D eigenvalue weighted by molar-refractivity contribution is 6.04. The van der Waals surface area contributed by atoms with E-state index < -0.39 is 16.9 Å². The van der Waals surface area contributed by atoms with E-state index in [1.165, 1.54) is 12.1 Å². The predicted octanol–water partition coefficient (Wildman–Crippen LogP) is 1.71. The molecule has 8 heteroatoms. The molecule has 8 nitrogen and oxygen atoms in total. The normalized spacial score (nSPS) is 16.7. The Morgan fingerprint density at radius 1 is 1.24 bits per heavy atom. The van der Waals surface area contributed by atoms with Crippen molar-refractivity contribution < 1.29 is 14.5 Å². The first-order valence-electron chi connectivity index (χ1n) is 7.68. The summed E-state index contributed by atoms with van der Waals surface area (Å²) in [5.41, 5.74) is 6.03. The lowest BCUT2D eigenvalue weighted by Gasteiger charge is -2.17. The van der Waals surface area contributed by atoms with Gasteiger partial charge < -0.3 is 16.0 Å². The van der Waals surface area contributed by atoms with Gasteiger partial charge in [-0.05, 0) is 30.7 Å². The molecular weight excluding hydrogens is 324 g/mol. The molecule has 128 valence electrons.